The second-order valence-corrected chi connectivity index (χ2v) is 9.56. The van der Waals surface area contributed by atoms with Crippen molar-refractivity contribution >= 4 is 10.0 Å². The zero-order chi connectivity index (χ0) is 22.1. The molecule has 0 atom stereocenters. The van der Waals surface area contributed by atoms with Gasteiger partial charge in [0.2, 0.25) is 10.0 Å². The lowest BCUT2D eigenvalue weighted by atomic mass is 10.0. The maximum Gasteiger partial charge on any atom is 0.416 e. The fourth-order valence-corrected chi connectivity index (χ4v) is 5.50. The number of aryl methyl sites for hydroxylation is 1. The normalized spacial score (nSPS) is 16.9. The molecule has 0 aromatic heterocycles. The highest BCUT2D eigenvalue weighted by molar-refractivity contribution is 7.89. The summed E-state index contributed by atoms with van der Waals surface area (Å²) in [6.07, 6.45) is -3.25. The summed E-state index contributed by atoms with van der Waals surface area (Å²) in [6, 6.07) is 8.91. The van der Waals surface area contributed by atoms with E-state index in [9.17, 15) is 26.0 Å². The molecule has 1 aliphatic rings. The molecular formula is C21H24F4N2O2S. The second-order valence-electron chi connectivity index (χ2n) is 7.66. The topological polar surface area (TPSA) is 40.6 Å². The van der Waals surface area contributed by atoms with Gasteiger partial charge < -0.3 is 0 Å². The molecule has 0 unspecified atom stereocenters. The number of alkyl halides is 3. The van der Waals surface area contributed by atoms with Crippen LogP contribution in [0.3, 0.4) is 0 Å². The summed E-state index contributed by atoms with van der Waals surface area (Å²) in [4.78, 5) is 2.06. The van der Waals surface area contributed by atoms with Crippen molar-refractivity contribution in [3.8, 4) is 0 Å². The molecule has 0 aliphatic carbocycles. The van der Waals surface area contributed by atoms with Gasteiger partial charge in [-0.25, -0.2) is 12.8 Å². The molecule has 1 aliphatic heterocycles. The number of hydrogen-bond donors (Lipinski definition) is 0. The Bertz CT molecular complexity index is 1000. The van der Waals surface area contributed by atoms with Crippen molar-refractivity contribution in [2.75, 3.05) is 20.1 Å². The van der Waals surface area contributed by atoms with Crippen molar-refractivity contribution in [3.63, 3.8) is 0 Å². The number of halogens is 4. The molecule has 164 valence electrons. The van der Waals surface area contributed by atoms with Gasteiger partial charge in [0.1, 0.15) is 5.82 Å². The quantitative estimate of drug-likeness (QED) is 0.641. The average Bonchev–Trinajstić information content (AvgIpc) is 2.67. The summed E-state index contributed by atoms with van der Waals surface area (Å²) in [6.45, 7) is 2.51. The van der Waals surface area contributed by atoms with Gasteiger partial charge in [-0.05, 0) is 62.2 Å². The van der Waals surface area contributed by atoms with Crippen molar-refractivity contribution < 1.29 is 26.0 Å². The molecule has 0 spiro atoms. The van der Waals surface area contributed by atoms with Gasteiger partial charge in [0.15, 0.2) is 0 Å². The fourth-order valence-electron chi connectivity index (χ4n) is 3.83. The van der Waals surface area contributed by atoms with Gasteiger partial charge in [0.25, 0.3) is 0 Å². The molecule has 3 rings (SSSR count). The third-order valence-corrected chi connectivity index (χ3v) is 7.55. The van der Waals surface area contributed by atoms with Crippen LogP contribution in [0.2, 0.25) is 0 Å². The molecule has 1 heterocycles. The number of benzene rings is 2. The maximum atomic E-state index is 13.3. The highest BCUT2D eigenvalue weighted by atomic mass is 32.2. The van der Waals surface area contributed by atoms with Gasteiger partial charge in [-0.3, -0.25) is 4.90 Å². The van der Waals surface area contributed by atoms with Crippen molar-refractivity contribution in [3.05, 3.63) is 65.0 Å². The van der Waals surface area contributed by atoms with Gasteiger partial charge >= 0.3 is 6.18 Å². The number of nitrogens with zero attached hydrogens (tertiary/aromatic N) is 2. The summed E-state index contributed by atoms with van der Waals surface area (Å²) >= 11 is 0. The van der Waals surface area contributed by atoms with Crippen LogP contribution < -0.4 is 0 Å². The first-order chi connectivity index (χ1) is 14.0. The SMILES string of the molecule is Cc1cc(F)ccc1S(=O)(=O)N1CCC(N(C)Cc2cccc(C(F)(F)F)c2)CC1. The van der Waals surface area contributed by atoms with E-state index in [1.165, 1.54) is 22.5 Å². The van der Waals surface area contributed by atoms with Crippen LogP contribution in [0.15, 0.2) is 47.4 Å². The lowest BCUT2D eigenvalue weighted by Gasteiger charge is -2.36. The summed E-state index contributed by atoms with van der Waals surface area (Å²) in [5.74, 6) is -0.485. The van der Waals surface area contributed by atoms with Gasteiger partial charge in [-0.15, -0.1) is 0 Å². The van der Waals surface area contributed by atoms with Crippen LogP contribution in [0.4, 0.5) is 17.6 Å². The van der Waals surface area contributed by atoms with Crippen LogP contribution >= 0.6 is 0 Å². The Labute approximate surface area is 174 Å². The first-order valence-corrected chi connectivity index (χ1v) is 11.0. The third kappa shape index (κ3) is 5.01. The number of sulfonamides is 1. The van der Waals surface area contributed by atoms with E-state index < -0.39 is 27.6 Å². The molecule has 4 nitrogen and oxygen atoms in total. The predicted molar refractivity (Wildman–Crippen MR) is 106 cm³/mol. The van der Waals surface area contributed by atoms with Crippen LogP contribution in [0, 0.1) is 12.7 Å². The summed E-state index contributed by atoms with van der Waals surface area (Å²) in [7, 11) is -1.88. The lowest BCUT2D eigenvalue weighted by Crippen LogP contribution is -2.45. The Balaban J connectivity index is 1.64. The molecule has 9 heteroatoms. The van der Waals surface area contributed by atoms with Gasteiger partial charge in [0.05, 0.1) is 10.5 Å². The van der Waals surface area contributed by atoms with Gasteiger partial charge in [0, 0.05) is 25.7 Å². The number of rotatable bonds is 5. The summed E-state index contributed by atoms with van der Waals surface area (Å²) in [5.41, 5.74) is 0.243. The van der Waals surface area contributed by atoms with E-state index in [0.717, 1.165) is 18.2 Å². The number of piperidine rings is 1. The third-order valence-electron chi connectivity index (χ3n) is 5.49. The fraction of sp³-hybridized carbons (Fsp3) is 0.429. The standard InChI is InChI=1S/C21H24F4N2O2S/c1-15-12-18(22)6-7-20(15)30(28,29)27-10-8-19(9-11-27)26(2)14-16-4-3-5-17(13-16)21(23,24)25/h3-7,12-13,19H,8-11,14H2,1-2H3. The monoisotopic (exact) mass is 444 g/mol. The molecule has 0 radical (unpaired) electrons. The highest BCUT2D eigenvalue weighted by Gasteiger charge is 2.33. The Morgan fingerprint density at radius 2 is 1.77 bits per heavy atom. The van der Waals surface area contributed by atoms with Crippen LogP contribution in [-0.2, 0) is 22.7 Å². The van der Waals surface area contributed by atoms with Crippen molar-refractivity contribution in [1.29, 1.82) is 0 Å². The minimum Gasteiger partial charge on any atom is -0.299 e. The molecule has 30 heavy (non-hydrogen) atoms. The summed E-state index contributed by atoms with van der Waals surface area (Å²) < 4.78 is 79.2. The van der Waals surface area contributed by atoms with Crippen LogP contribution in [0.1, 0.15) is 29.5 Å². The van der Waals surface area contributed by atoms with Gasteiger partial charge in [-0.2, -0.15) is 17.5 Å². The maximum absolute atomic E-state index is 13.3. The second kappa shape index (κ2) is 8.64. The molecule has 1 fully saturated rings. The summed E-state index contributed by atoms with van der Waals surface area (Å²) in [5, 5.41) is 0. The van der Waals surface area contributed by atoms with E-state index in [1.807, 2.05) is 11.9 Å². The Hall–Kier alpha value is -1.97. The molecular weight excluding hydrogens is 420 g/mol. The van der Waals surface area contributed by atoms with Gasteiger partial charge in [-0.1, -0.05) is 18.2 Å². The van der Waals surface area contributed by atoms with E-state index in [-0.39, 0.29) is 10.9 Å². The zero-order valence-electron chi connectivity index (χ0n) is 16.8. The molecule has 2 aromatic rings. The van der Waals surface area contributed by atoms with E-state index in [4.69, 9.17) is 0 Å². The minimum absolute atomic E-state index is 0.0558. The predicted octanol–water partition coefficient (Wildman–Crippen LogP) is 4.44. The number of hydrogen-bond acceptors (Lipinski definition) is 3. The minimum atomic E-state index is -4.38. The molecule has 0 amide bonds. The van der Waals surface area contributed by atoms with E-state index >= 15 is 0 Å². The largest absolute Gasteiger partial charge is 0.416 e. The van der Waals surface area contributed by atoms with Crippen molar-refractivity contribution in [2.24, 2.45) is 0 Å². The van der Waals surface area contributed by atoms with Crippen LogP contribution in [0.25, 0.3) is 0 Å². The lowest BCUT2D eigenvalue weighted by molar-refractivity contribution is -0.137. The highest BCUT2D eigenvalue weighted by Crippen LogP contribution is 2.30. The Morgan fingerprint density at radius 1 is 1.10 bits per heavy atom. The molecule has 2 aromatic carbocycles. The van der Waals surface area contributed by atoms with Crippen LogP contribution in [-0.4, -0.2) is 43.8 Å². The Morgan fingerprint density at radius 3 is 2.37 bits per heavy atom. The molecule has 0 N–H and O–H groups in total. The molecule has 0 saturated carbocycles. The Kier molecular flexibility index (Phi) is 6.54. The zero-order valence-corrected chi connectivity index (χ0v) is 17.6. The first-order valence-electron chi connectivity index (χ1n) is 9.61. The van der Waals surface area contributed by atoms with E-state index in [1.54, 1.807) is 13.0 Å². The van der Waals surface area contributed by atoms with Crippen LogP contribution in [0.5, 0.6) is 0 Å². The smallest absolute Gasteiger partial charge is 0.299 e. The van der Waals surface area contributed by atoms with Crippen molar-refractivity contribution in [1.82, 2.24) is 9.21 Å². The first kappa shape index (κ1) is 22.7. The molecule has 1 saturated heterocycles. The molecule has 0 bridgehead atoms. The van der Waals surface area contributed by atoms with Crippen molar-refractivity contribution in [2.45, 2.75) is 43.4 Å². The van der Waals surface area contributed by atoms with E-state index in [2.05, 4.69) is 0 Å². The van der Waals surface area contributed by atoms with E-state index in [0.29, 0.717) is 43.6 Å². The average molecular weight is 444 g/mol.